The van der Waals surface area contributed by atoms with Gasteiger partial charge in [0.15, 0.2) is 19.7 Å². The molecule has 1 amide bonds. The molecule has 1 saturated heterocycles. The van der Waals surface area contributed by atoms with Crippen molar-refractivity contribution in [1.82, 2.24) is 5.32 Å². The molecule has 1 aromatic rings. The number of aryl methyl sites for hydroxylation is 1. The molecule has 1 fully saturated rings. The van der Waals surface area contributed by atoms with E-state index in [0.717, 1.165) is 5.56 Å². The lowest BCUT2D eigenvalue weighted by Gasteiger charge is -2.21. The van der Waals surface area contributed by atoms with E-state index in [1.165, 1.54) is 12.1 Å². The number of hydrogen-bond donors (Lipinski definition) is 1. The molecule has 0 saturated carbocycles. The Balaban J connectivity index is 2.37. The van der Waals surface area contributed by atoms with Crippen molar-refractivity contribution >= 4 is 25.6 Å². The maximum absolute atomic E-state index is 12.8. The van der Waals surface area contributed by atoms with E-state index in [0.29, 0.717) is 0 Å². The molecule has 0 radical (unpaired) electrons. The second-order valence-electron chi connectivity index (χ2n) is 6.24. The molecule has 0 bridgehead atoms. The van der Waals surface area contributed by atoms with E-state index >= 15 is 0 Å². The highest BCUT2D eigenvalue weighted by Gasteiger charge is 2.46. The Morgan fingerprint density at radius 2 is 1.74 bits per heavy atom. The van der Waals surface area contributed by atoms with Crippen LogP contribution in [0.3, 0.4) is 0 Å². The fourth-order valence-corrected chi connectivity index (χ4v) is 7.16. The van der Waals surface area contributed by atoms with Crippen molar-refractivity contribution in [2.75, 3.05) is 11.5 Å². The van der Waals surface area contributed by atoms with Crippen molar-refractivity contribution in [1.29, 1.82) is 0 Å². The van der Waals surface area contributed by atoms with Crippen molar-refractivity contribution in [2.24, 2.45) is 5.92 Å². The summed E-state index contributed by atoms with van der Waals surface area (Å²) in [6.07, 6.45) is 0. The van der Waals surface area contributed by atoms with Crippen molar-refractivity contribution in [2.45, 2.75) is 37.0 Å². The molecular formula is C15H21NO5S2. The molecule has 2 atom stereocenters. The molecular weight excluding hydrogens is 338 g/mol. The van der Waals surface area contributed by atoms with Gasteiger partial charge in [-0.1, -0.05) is 31.5 Å². The Labute approximate surface area is 137 Å². The van der Waals surface area contributed by atoms with Gasteiger partial charge in [-0.05, 0) is 19.1 Å². The number of carbonyl (C=O) groups is 1. The molecule has 0 unspecified atom stereocenters. The molecule has 1 aromatic carbocycles. The summed E-state index contributed by atoms with van der Waals surface area (Å²) in [4.78, 5) is 11.9. The zero-order chi connectivity index (χ0) is 17.4. The van der Waals surface area contributed by atoms with Gasteiger partial charge in [0.25, 0.3) is 0 Å². The number of rotatable bonds is 4. The zero-order valence-electron chi connectivity index (χ0n) is 13.3. The lowest BCUT2D eigenvalue weighted by molar-refractivity contribution is -0.124. The first-order chi connectivity index (χ1) is 10.5. The van der Waals surface area contributed by atoms with Crippen LogP contribution in [0.2, 0.25) is 0 Å². The number of amides is 1. The third-order valence-corrected chi connectivity index (χ3v) is 8.07. The highest BCUT2D eigenvalue weighted by Crippen LogP contribution is 2.26. The first-order valence-electron chi connectivity index (χ1n) is 7.34. The Morgan fingerprint density at radius 3 is 2.26 bits per heavy atom. The van der Waals surface area contributed by atoms with Gasteiger partial charge in [0, 0.05) is 5.92 Å². The molecule has 1 N–H and O–H groups in total. The van der Waals surface area contributed by atoms with Crippen LogP contribution in [0.5, 0.6) is 0 Å². The Bertz CT molecular complexity index is 795. The number of hydrogen-bond acceptors (Lipinski definition) is 5. The van der Waals surface area contributed by atoms with Crippen LogP contribution in [-0.2, 0) is 24.5 Å². The minimum absolute atomic E-state index is 0.0778. The van der Waals surface area contributed by atoms with Gasteiger partial charge in [-0.25, -0.2) is 16.8 Å². The molecule has 0 aliphatic carbocycles. The maximum Gasteiger partial charge on any atom is 0.222 e. The monoisotopic (exact) mass is 359 g/mol. The van der Waals surface area contributed by atoms with Gasteiger partial charge < -0.3 is 5.32 Å². The Morgan fingerprint density at radius 1 is 1.17 bits per heavy atom. The molecule has 128 valence electrons. The number of sulfone groups is 2. The van der Waals surface area contributed by atoms with Gasteiger partial charge in [-0.2, -0.15) is 0 Å². The standard InChI is InChI=1S/C15H21NO5S2/c1-10(2)15(17)16-13-8-22(18,19)9-14(13)23(20,21)12-6-4-11(3)5-7-12/h4-7,10,13-14H,8-9H2,1-3H3,(H,16,17)/t13-,14-/m1/s1. The highest BCUT2D eigenvalue weighted by atomic mass is 32.2. The third kappa shape index (κ3) is 3.92. The van der Waals surface area contributed by atoms with Gasteiger partial charge in [0.2, 0.25) is 5.91 Å². The summed E-state index contributed by atoms with van der Waals surface area (Å²) in [6.45, 7) is 5.17. The summed E-state index contributed by atoms with van der Waals surface area (Å²) in [7, 11) is -7.35. The largest absolute Gasteiger partial charge is 0.351 e. The van der Waals surface area contributed by atoms with E-state index in [1.807, 2.05) is 6.92 Å². The lowest BCUT2D eigenvalue weighted by Crippen LogP contribution is -2.47. The second-order valence-corrected chi connectivity index (χ2v) is 10.6. The summed E-state index contributed by atoms with van der Waals surface area (Å²) in [5.74, 6) is -1.51. The summed E-state index contributed by atoms with van der Waals surface area (Å²) in [5, 5.41) is 1.42. The van der Waals surface area contributed by atoms with Crippen LogP contribution in [0.15, 0.2) is 29.2 Å². The van der Waals surface area contributed by atoms with E-state index in [2.05, 4.69) is 5.32 Å². The van der Waals surface area contributed by atoms with E-state index in [4.69, 9.17) is 0 Å². The summed E-state index contributed by atoms with van der Waals surface area (Å²) in [5.41, 5.74) is 0.910. The highest BCUT2D eigenvalue weighted by molar-refractivity contribution is 7.96. The van der Waals surface area contributed by atoms with Crippen molar-refractivity contribution < 1.29 is 21.6 Å². The van der Waals surface area contributed by atoms with Gasteiger partial charge >= 0.3 is 0 Å². The third-order valence-electron chi connectivity index (χ3n) is 3.90. The molecule has 6 nitrogen and oxygen atoms in total. The van der Waals surface area contributed by atoms with E-state index < -0.39 is 36.7 Å². The molecule has 2 rings (SSSR count). The van der Waals surface area contributed by atoms with Crippen molar-refractivity contribution in [3.63, 3.8) is 0 Å². The number of benzene rings is 1. The van der Waals surface area contributed by atoms with Gasteiger partial charge in [-0.15, -0.1) is 0 Å². The van der Waals surface area contributed by atoms with Crippen molar-refractivity contribution in [3.8, 4) is 0 Å². The van der Waals surface area contributed by atoms with Crippen LogP contribution in [0.1, 0.15) is 19.4 Å². The summed E-state index contributed by atoms with van der Waals surface area (Å²) < 4.78 is 49.4. The molecule has 0 spiro atoms. The Hall–Kier alpha value is -1.41. The molecule has 1 aliphatic rings. The molecule has 1 heterocycles. The van der Waals surface area contributed by atoms with Crippen LogP contribution >= 0.6 is 0 Å². The SMILES string of the molecule is Cc1ccc(S(=O)(=O)[C@@H]2CS(=O)(=O)C[C@H]2NC(=O)C(C)C)cc1. The van der Waals surface area contributed by atoms with E-state index in [9.17, 15) is 21.6 Å². The quantitative estimate of drug-likeness (QED) is 0.854. The summed E-state index contributed by atoms with van der Waals surface area (Å²) in [6, 6.07) is 5.35. The smallest absolute Gasteiger partial charge is 0.222 e. The van der Waals surface area contributed by atoms with Gasteiger partial charge in [0.1, 0.15) is 5.25 Å². The van der Waals surface area contributed by atoms with E-state index in [-0.39, 0.29) is 22.5 Å². The molecule has 8 heteroatoms. The van der Waals surface area contributed by atoms with Crippen LogP contribution < -0.4 is 5.32 Å². The predicted octanol–water partition coefficient (Wildman–Crippen LogP) is 0.707. The number of carbonyl (C=O) groups excluding carboxylic acids is 1. The predicted molar refractivity (Wildman–Crippen MR) is 87.6 cm³/mol. The molecule has 23 heavy (non-hydrogen) atoms. The second kappa shape index (κ2) is 6.24. The fraction of sp³-hybridized carbons (Fsp3) is 0.533. The minimum atomic E-state index is -3.84. The van der Waals surface area contributed by atoms with Gasteiger partial charge in [0.05, 0.1) is 22.4 Å². The average molecular weight is 359 g/mol. The maximum atomic E-state index is 12.8. The topological polar surface area (TPSA) is 97.4 Å². The average Bonchev–Trinajstić information content (AvgIpc) is 2.74. The summed E-state index contributed by atoms with van der Waals surface area (Å²) >= 11 is 0. The van der Waals surface area contributed by atoms with E-state index in [1.54, 1.807) is 26.0 Å². The number of nitrogens with one attached hydrogen (secondary N) is 1. The molecule has 0 aromatic heterocycles. The Kier molecular flexibility index (Phi) is 4.86. The minimum Gasteiger partial charge on any atom is -0.351 e. The van der Waals surface area contributed by atoms with Crippen molar-refractivity contribution in [3.05, 3.63) is 29.8 Å². The normalized spacial score (nSPS) is 23.8. The molecule has 1 aliphatic heterocycles. The van der Waals surface area contributed by atoms with Gasteiger partial charge in [-0.3, -0.25) is 4.79 Å². The van der Waals surface area contributed by atoms with Crippen LogP contribution in [0.25, 0.3) is 0 Å². The van der Waals surface area contributed by atoms with Crippen LogP contribution in [0.4, 0.5) is 0 Å². The first-order valence-corrected chi connectivity index (χ1v) is 10.7. The van der Waals surface area contributed by atoms with Crippen LogP contribution in [0, 0.1) is 12.8 Å². The zero-order valence-corrected chi connectivity index (χ0v) is 14.9. The lowest BCUT2D eigenvalue weighted by atomic mass is 10.2. The fourth-order valence-electron chi connectivity index (χ4n) is 2.51. The van der Waals surface area contributed by atoms with Crippen LogP contribution in [-0.4, -0.2) is 45.5 Å². The first kappa shape index (κ1) is 17.9.